The van der Waals surface area contributed by atoms with Gasteiger partial charge in [-0.1, -0.05) is 37.6 Å². The highest BCUT2D eigenvalue weighted by Crippen LogP contribution is 2.04. The van der Waals surface area contributed by atoms with Gasteiger partial charge in [-0.15, -0.1) is 0 Å². The van der Waals surface area contributed by atoms with E-state index in [0.717, 1.165) is 11.7 Å². The predicted octanol–water partition coefficient (Wildman–Crippen LogP) is 3.07. The summed E-state index contributed by atoms with van der Waals surface area (Å²) in [6.45, 7) is 2.21. The lowest BCUT2D eigenvalue weighted by atomic mass is 10.1. The highest BCUT2D eigenvalue weighted by Gasteiger charge is 1.95. The maximum Gasteiger partial charge on any atom is -0.00533 e. The van der Waals surface area contributed by atoms with Crippen molar-refractivity contribution in [2.24, 2.45) is 0 Å². The fourth-order valence-electron chi connectivity index (χ4n) is 1.09. The van der Waals surface area contributed by atoms with Crippen LogP contribution in [0.25, 0.3) is 0 Å². The highest BCUT2D eigenvalue weighted by atomic mass is 31.0. The summed E-state index contributed by atoms with van der Waals surface area (Å²) in [6.07, 6.45) is 3.68. The molecule has 11 heavy (non-hydrogen) atoms. The molecular formula is C10H13P. The summed E-state index contributed by atoms with van der Waals surface area (Å²) in [5.74, 6) is 0. The van der Waals surface area contributed by atoms with E-state index in [1.54, 1.807) is 0 Å². The molecule has 0 fully saturated rings. The van der Waals surface area contributed by atoms with E-state index in [-0.39, 0.29) is 0 Å². The van der Waals surface area contributed by atoms with E-state index in [0.29, 0.717) is 0 Å². The van der Waals surface area contributed by atoms with Crippen molar-refractivity contribution >= 4 is 14.5 Å². The Bertz CT molecular complexity index is 218. The van der Waals surface area contributed by atoms with Gasteiger partial charge in [-0.3, -0.25) is 0 Å². The molecule has 1 heteroatoms. The van der Waals surface area contributed by atoms with Crippen LogP contribution in [-0.2, 0) is 6.42 Å². The lowest BCUT2D eigenvalue weighted by Crippen LogP contribution is -1.99. The zero-order valence-corrected chi connectivity index (χ0v) is 7.77. The minimum atomic E-state index is 1.13. The van der Waals surface area contributed by atoms with Crippen LogP contribution in [-0.4, -0.2) is 0 Å². The van der Waals surface area contributed by atoms with E-state index in [4.69, 9.17) is 0 Å². The van der Waals surface area contributed by atoms with Crippen molar-refractivity contribution in [2.45, 2.75) is 26.2 Å². The maximum absolute atomic E-state index is 4.37. The van der Waals surface area contributed by atoms with E-state index >= 15 is 0 Å². The van der Waals surface area contributed by atoms with Crippen LogP contribution in [0, 0.1) is 0 Å². The molecule has 0 N–H and O–H groups in total. The van der Waals surface area contributed by atoms with E-state index in [9.17, 15) is 0 Å². The largest absolute Gasteiger partial charge is 0.0654 e. The van der Waals surface area contributed by atoms with E-state index in [2.05, 4.69) is 28.3 Å². The van der Waals surface area contributed by atoms with Crippen LogP contribution >= 0.6 is 9.24 Å². The van der Waals surface area contributed by atoms with Crippen molar-refractivity contribution in [2.75, 3.05) is 0 Å². The van der Waals surface area contributed by atoms with Gasteiger partial charge in [-0.2, -0.15) is 0 Å². The summed E-state index contributed by atoms with van der Waals surface area (Å²) in [5.41, 5.74) is 1.37. The quantitative estimate of drug-likeness (QED) is 0.602. The van der Waals surface area contributed by atoms with Gasteiger partial charge in [0.2, 0.25) is 0 Å². The van der Waals surface area contributed by atoms with Crippen LogP contribution in [0.3, 0.4) is 0 Å². The number of unbranched alkanes of at least 4 members (excludes halogenated alkanes) is 1. The molecule has 0 amide bonds. The Hall–Kier alpha value is -0.350. The lowest BCUT2D eigenvalue weighted by molar-refractivity contribution is 0.798. The maximum atomic E-state index is 4.37. The van der Waals surface area contributed by atoms with Crippen molar-refractivity contribution in [3.63, 3.8) is 0 Å². The second-order valence-corrected chi connectivity index (χ2v) is 3.21. The predicted molar refractivity (Wildman–Crippen MR) is 51.6 cm³/mol. The topological polar surface area (TPSA) is 0 Å². The Morgan fingerprint density at radius 1 is 1.27 bits per heavy atom. The van der Waals surface area contributed by atoms with Crippen molar-refractivity contribution in [3.05, 3.63) is 29.8 Å². The fourth-order valence-corrected chi connectivity index (χ4v) is 1.36. The minimum Gasteiger partial charge on any atom is -0.0654 e. The molecular weight excluding hydrogens is 151 g/mol. The van der Waals surface area contributed by atoms with E-state index in [1.165, 1.54) is 18.4 Å². The third-order valence-corrected chi connectivity index (χ3v) is 2.23. The van der Waals surface area contributed by atoms with Crippen LogP contribution in [0.2, 0.25) is 0 Å². The second kappa shape index (κ2) is 4.51. The molecule has 58 valence electrons. The number of aryl methyl sites for hydroxylation is 1. The Kier molecular flexibility index (Phi) is 3.59. The summed E-state index contributed by atoms with van der Waals surface area (Å²) in [7, 11) is 4.37. The number of rotatable bonds is 3. The smallest absolute Gasteiger partial charge is 0.00533 e. The van der Waals surface area contributed by atoms with Gasteiger partial charge in [0.15, 0.2) is 0 Å². The normalized spacial score (nSPS) is 10.0. The third-order valence-electron chi connectivity index (χ3n) is 1.79. The lowest BCUT2D eigenvalue weighted by Gasteiger charge is -2.01. The summed E-state index contributed by atoms with van der Waals surface area (Å²) >= 11 is 0. The van der Waals surface area contributed by atoms with Gasteiger partial charge in [0, 0.05) is 0 Å². The molecule has 0 aliphatic rings. The summed E-state index contributed by atoms with van der Waals surface area (Å²) in [5, 5.41) is 1.13. The second-order valence-electron chi connectivity index (χ2n) is 2.73. The van der Waals surface area contributed by atoms with Gasteiger partial charge in [-0.25, -0.2) is 0 Å². The Morgan fingerprint density at radius 2 is 2.00 bits per heavy atom. The molecule has 1 aromatic rings. The Balaban J connectivity index is 2.62. The first-order valence-electron chi connectivity index (χ1n) is 4.11. The average Bonchev–Trinajstić information content (AvgIpc) is 2.03. The van der Waals surface area contributed by atoms with Crippen LogP contribution < -0.4 is 5.30 Å². The van der Waals surface area contributed by atoms with Crippen LogP contribution in [0.1, 0.15) is 25.3 Å². The number of hydrogen-bond donors (Lipinski definition) is 0. The molecule has 0 aliphatic carbocycles. The molecule has 0 atom stereocenters. The molecule has 0 nitrogen and oxygen atoms in total. The average molecular weight is 164 g/mol. The Morgan fingerprint density at radius 3 is 2.64 bits per heavy atom. The molecule has 0 spiro atoms. The number of benzene rings is 1. The standard InChI is InChI=1S/C10H13P/c1-2-3-6-9-7-4-5-8-10(9)11/h4-5,7-8H,2-3,6H2,1H3. The summed E-state index contributed by atoms with van der Waals surface area (Å²) in [6, 6.07) is 8.30. The van der Waals surface area contributed by atoms with Gasteiger partial charge >= 0.3 is 0 Å². The van der Waals surface area contributed by atoms with Gasteiger partial charge in [-0.05, 0) is 32.9 Å². The van der Waals surface area contributed by atoms with Gasteiger partial charge in [0.25, 0.3) is 0 Å². The van der Waals surface area contributed by atoms with Crippen molar-refractivity contribution in [1.29, 1.82) is 0 Å². The Labute approximate surface area is 71.2 Å². The van der Waals surface area contributed by atoms with E-state index < -0.39 is 0 Å². The monoisotopic (exact) mass is 164 g/mol. The molecule has 0 unspecified atom stereocenters. The number of hydrogen-bond acceptors (Lipinski definition) is 0. The summed E-state index contributed by atoms with van der Waals surface area (Å²) in [4.78, 5) is 0. The van der Waals surface area contributed by atoms with Crippen molar-refractivity contribution in [1.82, 2.24) is 0 Å². The molecule has 1 aromatic carbocycles. The van der Waals surface area contributed by atoms with Crippen LogP contribution in [0.5, 0.6) is 0 Å². The zero-order chi connectivity index (χ0) is 8.10. The molecule has 0 aromatic heterocycles. The van der Waals surface area contributed by atoms with E-state index in [1.807, 2.05) is 12.1 Å². The summed E-state index contributed by atoms with van der Waals surface area (Å²) < 4.78 is 0. The highest BCUT2D eigenvalue weighted by molar-refractivity contribution is 7.27. The van der Waals surface area contributed by atoms with Gasteiger partial charge in [0.1, 0.15) is 0 Å². The van der Waals surface area contributed by atoms with Gasteiger partial charge < -0.3 is 0 Å². The molecule has 1 rings (SSSR count). The molecule has 2 radical (unpaired) electrons. The molecule has 0 heterocycles. The molecule has 0 aliphatic heterocycles. The molecule has 0 bridgehead atoms. The zero-order valence-electron chi connectivity index (χ0n) is 6.88. The third kappa shape index (κ3) is 2.63. The molecule has 0 saturated carbocycles. The van der Waals surface area contributed by atoms with Crippen LogP contribution in [0.4, 0.5) is 0 Å². The van der Waals surface area contributed by atoms with Gasteiger partial charge in [0.05, 0.1) is 0 Å². The first kappa shape index (κ1) is 8.74. The minimum absolute atomic E-state index is 1.13. The van der Waals surface area contributed by atoms with Crippen molar-refractivity contribution < 1.29 is 0 Å². The first-order chi connectivity index (χ1) is 5.34. The fraction of sp³-hybridized carbons (Fsp3) is 0.400. The first-order valence-corrected chi connectivity index (χ1v) is 4.56. The SMILES string of the molecule is CCCCc1ccccc1[P]. The van der Waals surface area contributed by atoms with Crippen molar-refractivity contribution in [3.8, 4) is 0 Å². The molecule has 0 saturated heterocycles. The van der Waals surface area contributed by atoms with Crippen LogP contribution in [0.15, 0.2) is 24.3 Å².